The third kappa shape index (κ3) is 7.30. The summed E-state index contributed by atoms with van der Waals surface area (Å²) in [5, 5.41) is 12.1. The molecular weight excluding hydrogens is 198 g/mol. The van der Waals surface area contributed by atoms with E-state index in [-0.39, 0.29) is 24.7 Å². The summed E-state index contributed by atoms with van der Waals surface area (Å²) < 4.78 is 9.72. The second-order valence-electron chi connectivity index (χ2n) is 3.41. The van der Waals surface area contributed by atoms with Gasteiger partial charge in [0.25, 0.3) is 0 Å². The number of methoxy groups -OCH3 is 1. The van der Waals surface area contributed by atoms with E-state index in [9.17, 15) is 4.79 Å². The van der Waals surface area contributed by atoms with Crippen LogP contribution >= 0.6 is 0 Å². The van der Waals surface area contributed by atoms with Crippen molar-refractivity contribution in [2.24, 2.45) is 0 Å². The number of nitrogens with one attached hydrogen (secondary N) is 1. The van der Waals surface area contributed by atoms with E-state index in [0.29, 0.717) is 19.6 Å². The SMILES string of the molecule is CCOC(=O)CC(C)NC(CO)COC. The van der Waals surface area contributed by atoms with Crippen molar-refractivity contribution >= 4 is 5.97 Å². The van der Waals surface area contributed by atoms with Crippen LogP contribution in [0.15, 0.2) is 0 Å². The standard InChI is InChI=1S/C10H21NO4/c1-4-15-10(13)5-8(2)11-9(6-12)7-14-3/h8-9,11-12H,4-7H2,1-3H3. The smallest absolute Gasteiger partial charge is 0.307 e. The molecular formula is C10H21NO4. The van der Waals surface area contributed by atoms with Crippen molar-refractivity contribution in [3.63, 3.8) is 0 Å². The maximum Gasteiger partial charge on any atom is 0.307 e. The summed E-state index contributed by atoms with van der Waals surface area (Å²) in [5.41, 5.74) is 0. The van der Waals surface area contributed by atoms with Crippen LogP contribution in [0.3, 0.4) is 0 Å². The van der Waals surface area contributed by atoms with Gasteiger partial charge in [0.2, 0.25) is 0 Å². The van der Waals surface area contributed by atoms with Gasteiger partial charge in [0.05, 0.1) is 32.3 Å². The van der Waals surface area contributed by atoms with Crippen LogP contribution in [0.25, 0.3) is 0 Å². The summed E-state index contributed by atoms with van der Waals surface area (Å²) in [7, 11) is 1.57. The van der Waals surface area contributed by atoms with Crippen molar-refractivity contribution in [2.75, 3.05) is 26.9 Å². The lowest BCUT2D eigenvalue weighted by atomic mass is 10.2. The fourth-order valence-electron chi connectivity index (χ4n) is 1.29. The largest absolute Gasteiger partial charge is 0.466 e. The monoisotopic (exact) mass is 219 g/mol. The molecule has 0 rings (SSSR count). The molecule has 5 nitrogen and oxygen atoms in total. The van der Waals surface area contributed by atoms with Gasteiger partial charge in [-0.05, 0) is 13.8 Å². The third-order valence-corrected chi connectivity index (χ3v) is 1.89. The molecule has 0 aromatic rings. The minimum Gasteiger partial charge on any atom is -0.466 e. The van der Waals surface area contributed by atoms with Crippen LogP contribution in [0, 0.1) is 0 Å². The summed E-state index contributed by atoms with van der Waals surface area (Å²) in [6, 6.07) is -0.171. The first kappa shape index (κ1) is 14.3. The van der Waals surface area contributed by atoms with Crippen LogP contribution in [0.5, 0.6) is 0 Å². The Balaban J connectivity index is 3.79. The number of aliphatic hydroxyl groups is 1. The normalized spacial score (nSPS) is 14.7. The number of aliphatic hydroxyl groups excluding tert-OH is 1. The van der Waals surface area contributed by atoms with Gasteiger partial charge in [-0.3, -0.25) is 4.79 Å². The van der Waals surface area contributed by atoms with Crippen LogP contribution < -0.4 is 5.32 Å². The Bertz CT molecular complexity index is 175. The Labute approximate surface area is 90.8 Å². The van der Waals surface area contributed by atoms with Crippen molar-refractivity contribution in [3.8, 4) is 0 Å². The summed E-state index contributed by atoms with van der Waals surface area (Å²) in [4.78, 5) is 11.1. The zero-order chi connectivity index (χ0) is 11.7. The van der Waals surface area contributed by atoms with Crippen molar-refractivity contribution in [1.82, 2.24) is 5.32 Å². The molecule has 0 aliphatic heterocycles. The predicted octanol–water partition coefficient (Wildman–Crippen LogP) is -0.0750. The van der Waals surface area contributed by atoms with E-state index in [1.807, 2.05) is 6.92 Å². The van der Waals surface area contributed by atoms with Gasteiger partial charge in [-0.25, -0.2) is 0 Å². The first-order chi connectivity index (χ1) is 7.13. The molecule has 5 heteroatoms. The molecule has 2 atom stereocenters. The van der Waals surface area contributed by atoms with E-state index in [1.165, 1.54) is 0 Å². The Kier molecular flexibility index (Phi) is 8.27. The molecule has 0 saturated heterocycles. The van der Waals surface area contributed by atoms with Gasteiger partial charge in [0, 0.05) is 13.2 Å². The molecule has 0 aromatic carbocycles. The van der Waals surface area contributed by atoms with E-state index in [0.717, 1.165) is 0 Å². The average molecular weight is 219 g/mol. The first-order valence-corrected chi connectivity index (χ1v) is 5.15. The van der Waals surface area contributed by atoms with Gasteiger partial charge < -0.3 is 19.9 Å². The average Bonchev–Trinajstić information content (AvgIpc) is 2.17. The van der Waals surface area contributed by atoms with Gasteiger partial charge in [-0.2, -0.15) is 0 Å². The van der Waals surface area contributed by atoms with Gasteiger partial charge >= 0.3 is 5.97 Å². The summed E-state index contributed by atoms with van der Waals surface area (Å²) >= 11 is 0. The van der Waals surface area contributed by atoms with Crippen LogP contribution in [0.2, 0.25) is 0 Å². The second-order valence-corrected chi connectivity index (χ2v) is 3.41. The maximum atomic E-state index is 11.1. The van der Waals surface area contributed by atoms with Crippen LogP contribution in [0.1, 0.15) is 20.3 Å². The zero-order valence-corrected chi connectivity index (χ0v) is 9.66. The molecule has 0 amide bonds. The van der Waals surface area contributed by atoms with E-state index in [1.54, 1.807) is 14.0 Å². The Morgan fingerprint density at radius 2 is 2.20 bits per heavy atom. The predicted molar refractivity (Wildman–Crippen MR) is 56.6 cm³/mol. The molecule has 90 valence electrons. The molecule has 0 aromatic heterocycles. The molecule has 0 radical (unpaired) electrons. The van der Waals surface area contributed by atoms with Gasteiger partial charge in [-0.15, -0.1) is 0 Å². The van der Waals surface area contributed by atoms with Crippen LogP contribution in [-0.2, 0) is 14.3 Å². The van der Waals surface area contributed by atoms with Gasteiger partial charge in [0.1, 0.15) is 0 Å². The van der Waals surface area contributed by atoms with Crippen LogP contribution in [0.4, 0.5) is 0 Å². The molecule has 0 aliphatic rings. The van der Waals surface area contributed by atoms with Gasteiger partial charge in [0.15, 0.2) is 0 Å². The molecule has 0 bridgehead atoms. The number of hydrogen-bond donors (Lipinski definition) is 2. The fourth-order valence-corrected chi connectivity index (χ4v) is 1.29. The minimum absolute atomic E-state index is 0.0129. The lowest BCUT2D eigenvalue weighted by Crippen LogP contribution is -2.42. The zero-order valence-electron chi connectivity index (χ0n) is 9.66. The first-order valence-electron chi connectivity index (χ1n) is 5.15. The number of hydrogen-bond acceptors (Lipinski definition) is 5. The molecule has 2 unspecified atom stereocenters. The van der Waals surface area contributed by atoms with E-state index >= 15 is 0 Å². The number of rotatable bonds is 8. The number of ether oxygens (including phenoxy) is 2. The number of esters is 1. The van der Waals surface area contributed by atoms with Crippen molar-refractivity contribution < 1.29 is 19.4 Å². The highest BCUT2D eigenvalue weighted by atomic mass is 16.5. The third-order valence-electron chi connectivity index (χ3n) is 1.89. The summed E-state index contributed by atoms with van der Waals surface area (Å²) in [6.45, 7) is 4.45. The maximum absolute atomic E-state index is 11.1. The molecule has 0 fully saturated rings. The molecule has 15 heavy (non-hydrogen) atoms. The molecule has 2 N–H and O–H groups in total. The highest BCUT2D eigenvalue weighted by molar-refractivity contribution is 5.70. The Morgan fingerprint density at radius 3 is 2.67 bits per heavy atom. The lowest BCUT2D eigenvalue weighted by Gasteiger charge is -2.20. The number of carbonyl (C=O) groups is 1. The van der Waals surface area contributed by atoms with Crippen molar-refractivity contribution in [1.29, 1.82) is 0 Å². The summed E-state index contributed by atoms with van der Waals surface area (Å²) in [5.74, 6) is -0.230. The van der Waals surface area contributed by atoms with Crippen molar-refractivity contribution in [2.45, 2.75) is 32.4 Å². The summed E-state index contributed by atoms with van der Waals surface area (Å²) in [6.07, 6.45) is 0.300. The highest BCUT2D eigenvalue weighted by Crippen LogP contribution is 1.96. The Morgan fingerprint density at radius 1 is 1.53 bits per heavy atom. The molecule has 0 spiro atoms. The Hall–Kier alpha value is -0.650. The van der Waals surface area contributed by atoms with Gasteiger partial charge in [-0.1, -0.05) is 0 Å². The lowest BCUT2D eigenvalue weighted by molar-refractivity contribution is -0.143. The fraction of sp³-hybridized carbons (Fsp3) is 0.900. The molecule has 0 saturated carbocycles. The quantitative estimate of drug-likeness (QED) is 0.559. The van der Waals surface area contributed by atoms with Crippen LogP contribution in [-0.4, -0.2) is 50.1 Å². The van der Waals surface area contributed by atoms with E-state index < -0.39 is 0 Å². The molecule has 0 aliphatic carbocycles. The number of carbonyl (C=O) groups excluding carboxylic acids is 1. The van der Waals surface area contributed by atoms with E-state index in [4.69, 9.17) is 14.6 Å². The highest BCUT2D eigenvalue weighted by Gasteiger charge is 2.14. The van der Waals surface area contributed by atoms with E-state index in [2.05, 4.69) is 5.32 Å². The molecule has 0 heterocycles. The minimum atomic E-state index is -0.230. The topological polar surface area (TPSA) is 67.8 Å². The second kappa shape index (κ2) is 8.64. The van der Waals surface area contributed by atoms with Crippen molar-refractivity contribution in [3.05, 3.63) is 0 Å².